The molecule has 27 heteroatoms. The van der Waals surface area contributed by atoms with E-state index >= 15 is 0 Å². The molecule has 0 saturated heterocycles. The Hall–Kier alpha value is -5.43. The molecule has 2 aromatic carbocycles. The van der Waals surface area contributed by atoms with Crippen LogP contribution in [0.25, 0.3) is 17.2 Å². The fourth-order valence-electron chi connectivity index (χ4n) is 7.54. The van der Waals surface area contributed by atoms with Crippen LogP contribution in [0.15, 0.2) is 46.1 Å². The van der Waals surface area contributed by atoms with Gasteiger partial charge in [0.05, 0.1) is 151 Å². The van der Waals surface area contributed by atoms with Crippen molar-refractivity contribution in [2.24, 2.45) is 10.7 Å². The van der Waals surface area contributed by atoms with E-state index in [1.165, 1.54) is 0 Å². The summed E-state index contributed by atoms with van der Waals surface area (Å²) in [6, 6.07) is 6.09. The Bertz CT molecular complexity index is 2450. The number of amides is 2. The second kappa shape index (κ2) is 37.6. The molecule has 2 heterocycles. The lowest BCUT2D eigenvalue weighted by atomic mass is 9.90. The fourth-order valence-corrected chi connectivity index (χ4v) is 8.03. The maximum Gasteiger partial charge on any atom is 0.313 e. The predicted octanol–water partition coefficient (Wildman–Crippen LogP) is 5.02. The highest BCUT2D eigenvalue weighted by molar-refractivity contribution is 7.79. The first-order valence-electron chi connectivity index (χ1n) is 26.4. The Kier molecular flexibility index (Phi) is 30.7. The molecule has 1 aromatic heterocycles. The number of benzene rings is 2. The fraction of sp³-hybridized carbons (Fsp3) is 0.585. The average Bonchev–Trinajstić information content (AvgIpc) is 3.63. The van der Waals surface area contributed by atoms with Crippen LogP contribution in [-0.2, 0) is 79.4 Å². The minimum Gasteiger partial charge on any atom is -0.420 e. The Morgan fingerprint density at radius 3 is 1.57 bits per heavy atom. The molecule has 1 unspecified atom stereocenters. The van der Waals surface area contributed by atoms with Gasteiger partial charge in [0.15, 0.2) is 22.7 Å². The largest absolute Gasteiger partial charge is 0.420 e. The van der Waals surface area contributed by atoms with Crippen LogP contribution in [0.3, 0.4) is 0 Å². The molecule has 1 aliphatic carbocycles. The van der Waals surface area contributed by atoms with E-state index in [9.17, 15) is 36.2 Å². The van der Waals surface area contributed by atoms with Crippen LogP contribution in [0.2, 0.25) is 0 Å². The van der Waals surface area contributed by atoms with Crippen LogP contribution in [0.5, 0.6) is 5.75 Å². The van der Waals surface area contributed by atoms with Gasteiger partial charge in [-0.1, -0.05) is 19.1 Å². The third-order valence-corrected chi connectivity index (χ3v) is 12.5. The second-order valence-corrected chi connectivity index (χ2v) is 18.6. The van der Waals surface area contributed by atoms with E-state index in [4.69, 9.17) is 57.7 Å². The number of hydrogen-bond acceptors (Lipinski definition) is 19. The SMILES string of the molecule is CCCN(C(=O)C1=Cc2ccc(-c3cnc(CNC(=O)CCOCCOCCOCCOCCOCCOCCOCCOCCOCCOCCC(=O)Oc4c(F)c(F)c(S(=O)O)c(F)c4F)nc3)cc2N=C(N)C1)C1CCC1. The molecule has 1 aliphatic heterocycles. The quantitative estimate of drug-likeness (QED) is 0.0168. The molecule has 1 saturated carbocycles. The van der Waals surface area contributed by atoms with Crippen molar-refractivity contribution in [3.63, 3.8) is 0 Å². The number of hydrogen-bond donors (Lipinski definition) is 3. The third kappa shape index (κ3) is 23.2. The normalized spacial score (nSPS) is 13.7. The zero-order valence-electron chi connectivity index (χ0n) is 44.9. The lowest BCUT2D eigenvalue weighted by molar-refractivity contribution is -0.136. The summed E-state index contributed by atoms with van der Waals surface area (Å²) in [5.41, 5.74) is 10.1. The molecule has 444 valence electrons. The number of carbonyl (C=O) groups is 3. The molecule has 2 aliphatic rings. The Labute approximate surface area is 464 Å². The molecule has 5 rings (SSSR count). The summed E-state index contributed by atoms with van der Waals surface area (Å²) in [5, 5.41) is 2.82. The van der Waals surface area contributed by atoms with Crippen molar-refractivity contribution in [3.05, 3.63) is 70.8 Å². The van der Waals surface area contributed by atoms with Gasteiger partial charge < -0.3 is 72.6 Å². The zero-order chi connectivity index (χ0) is 57.3. The van der Waals surface area contributed by atoms with E-state index in [0.717, 1.165) is 48.9 Å². The first-order chi connectivity index (χ1) is 38.9. The van der Waals surface area contributed by atoms with E-state index in [0.29, 0.717) is 128 Å². The maximum absolute atomic E-state index is 14.0. The first-order valence-corrected chi connectivity index (χ1v) is 27.5. The number of rotatable bonds is 42. The zero-order valence-corrected chi connectivity index (χ0v) is 45.7. The van der Waals surface area contributed by atoms with E-state index in [1.807, 2.05) is 29.2 Å². The minimum absolute atomic E-state index is 0.0346. The van der Waals surface area contributed by atoms with Crippen LogP contribution < -0.4 is 15.8 Å². The summed E-state index contributed by atoms with van der Waals surface area (Å²) in [7, 11) is 0. The predicted molar refractivity (Wildman–Crippen MR) is 281 cm³/mol. The van der Waals surface area contributed by atoms with Gasteiger partial charge in [-0.05, 0) is 43.4 Å². The molecule has 0 spiro atoms. The molecule has 22 nitrogen and oxygen atoms in total. The van der Waals surface area contributed by atoms with Gasteiger partial charge in [0, 0.05) is 54.5 Å². The molecule has 2 amide bonds. The first kappa shape index (κ1) is 65.4. The average molecular weight is 1160 g/mol. The van der Waals surface area contributed by atoms with Crippen LogP contribution in [0.4, 0.5) is 23.2 Å². The number of fused-ring (bicyclic) bond motifs is 1. The topological polar surface area (TPSA) is 269 Å². The van der Waals surface area contributed by atoms with Gasteiger partial charge in [0.1, 0.15) is 16.6 Å². The molecule has 80 heavy (non-hydrogen) atoms. The lowest BCUT2D eigenvalue weighted by Crippen LogP contribution is -2.45. The monoisotopic (exact) mass is 1160 g/mol. The molecule has 1 atom stereocenters. The van der Waals surface area contributed by atoms with Crippen molar-refractivity contribution in [2.45, 2.75) is 69.4 Å². The highest BCUT2D eigenvalue weighted by Gasteiger charge is 2.32. The van der Waals surface area contributed by atoms with Crippen LogP contribution in [-0.4, -0.2) is 192 Å². The van der Waals surface area contributed by atoms with Crippen molar-refractivity contribution in [1.82, 2.24) is 20.2 Å². The number of aromatic nitrogens is 2. The van der Waals surface area contributed by atoms with Gasteiger partial charge in [0.25, 0.3) is 5.91 Å². The summed E-state index contributed by atoms with van der Waals surface area (Å²) in [6.07, 6.45) is 9.40. The molecule has 0 bridgehead atoms. The van der Waals surface area contributed by atoms with Gasteiger partial charge in [-0.25, -0.2) is 28.0 Å². The number of esters is 1. The van der Waals surface area contributed by atoms with Crippen LogP contribution in [0.1, 0.15) is 63.3 Å². The summed E-state index contributed by atoms with van der Waals surface area (Å²) in [6.45, 7) is 9.02. The standard InChI is InChI=1S/C53H72F4N6O16S/c1-2-10-63(41-4-3-5-41)53(66)39-31-38-7-6-37(32-42(38)62-43(58)33-39)40-34-59-44(60-35-40)36-61-45(64)8-11-69-13-15-71-17-19-73-21-23-75-25-27-77-29-30-78-28-26-76-24-22-74-20-18-72-16-14-70-12-9-46(65)79-51-47(54)49(56)52(80(67)68)50(57)48(51)55/h6-7,31-32,34-35,41H,2-5,8-30,33,36H2,1H3,(H2,58,62)(H,61,64)(H,67,68). The summed E-state index contributed by atoms with van der Waals surface area (Å²) >= 11 is -3.36. The van der Waals surface area contributed by atoms with Gasteiger partial charge in [-0.15, -0.1) is 0 Å². The van der Waals surface area contributed by atoms with Gasteiger partial charge in [-0.3, -0.25) is 14.4 Å². The Balaban J connectivity index is 0.734. The van der Waals surface area contributed by atoms with E-state index in [1.54, 1.807) is 12.4 Å². The summed E-state index contributed by atoms with van der Waals surface area (Å²) in [4.78, 5) is 51.5. The van der Waals surface area contributed by atoms with Crippen molar-refractivity contribution >= 4 is 46.5 Å². The maximum atomic E-state index is 14.0. The summed E-state index contributed by atoms with van der Waals surface area (Å²) in [5.74, 6) is -10.8. The number of nitrogens with one attached hydrogen (secondary N) is 1. The Morgan fingerprint density at radius 2 is 1.14 bits per heavy atom. The number of halogens is 4. The van der Waals surface area contributed by atoms with Gasteiger partial charge in [0.2, 0.25) is 23.3 Å². The molecular formula is C53H72F4N6O16S. The molecule has 3 aromatic rings. The van der Waals surface area contributed by atoms with E-state index in [-0.39, 0.29) is 64.4 Å². The number of amidine groups is 1. The Morgan fingerprint density at radius 1 is 0.675 bits per heavy atom. The number of ether oxygens (including phenoxy) is 11. The van der Waals surface area contributed by atoms with E-state index < -0.39 is 57.4 Å². The highest BCUT2D eigenvalue weighted by atomic mass is 32.2. The molecule has 0 radical (unpaired) electrons. The summed E-state index contributed by atoms with van der Waals surface area (Å²) < 4.78 is 134. The van der Waals surface area contributed by atoms with E-state index in [2.05, 4.69) is 31.9 Å². The highest BCUT2D eigenvalue weighted by Crippen LogP contribution is 2.34. The van der Waals surface area contributed by atoms with Crippen molar-refractivity contribution < 1.29 is 92.8 Å². The number of nitrogens with two attached hydrogens (primary N) is 1. The minimum atomic E-state index is -3.36. The van der Waals surface area contributed by atoms with Gasteiger partial charge in [-0.2, -0.15) is 8.78 Å². The molecule has 4 N–H and O–H groups in total. The number of nitrogens with zero attached hydrogens (tertiary/aromatic N) is 4. The smallest absolute Gasteiger partial charge is 0.313 e. The lowest BCUT2D eigenvalue weighted by Gasteiger charge is -2.38. The van der Waals surface area contributed by atoms with Crippen LogP contribution in [0, 0.1) is 23.3 Å². The van der Waals surface area contributed by atoms with Crippen molar-refractivity contribution in [3.8, 4) is 16.9 Å². The van der Waals surface area contributed by atoms with Crippen molar-refractivity contribution in [2.75, 3.05) is 139 Å². The number of aliphatic imine (C=N–C) groups is 1. The molecular weight excluding hydrogens is 1080 g/mol. The number of carbonyl (C=O) groups excluding carboxylic acids is 3. The third-order valence-electron chi connectivity index (χ3n) is 11.8. The van der Waals surface area contributed by atoms with Gasteiger partial charge >= 0.3 is 5.97 Å². The van der Waals surface area contributed by atoms with Crippen molar-refractivity contribution in [1.29, 1.82) is 0 Å². The molecule has 1 fully saturated rings. The second-order valence-electron chi connectivity index (χ2n) is 17.7. The van der Waals surface area contributed by atoms with Crippen LogP contribution >= 0.6 is 0 Å².